The van der Waals surface area contributed by atoms with Crippen LogP contribution in [0.25, 0.3) is 0 Å². The molecule has 0 fully saturated rings. The molecule has 2 aromatic rings. The van der Waals surface area contributed by atoms with Crippen molar-refractivity contribution in [3.05, 3.63) is 59.7 Å². The summed E-state index contributed by atoms with van der Waals surface area (Å²) >= 11 is 0. The van der Waals surface area contributed by atoms with Crippen LogP contribution in [-0.2, 0) is 0 Å². The van der Waals surface area contributed by atoms with E-state index in [2.05, 4.69) is 38.3 Å². The molecule has 0 unspecified atom stereocenters. The first kappa shape index (κ1) is 23.3. The minimum atomic E-state index is -0.262. The normalized spacial score (nSPS) is 11.5. The van der Waals surface area contributed by atoms with E-state index in [0.717, 1.165) is 0 Å². The Balaban J connectivity index is 1.93. The van der Waals surface area contributed by atoms with E-state index >= 15 is 0 Å². The van der Waals surface area contributed by atoms with Gasteiger partial charge in [-0.05, 0) is 59.4 Å². The van der Waals surface area contributed by atoms with Crippen molar-refractivity contribution in [3.63, 3.8) is 0 Å². The van der Waals surface area contributed by atoms with Gasteiger partial charge in [-0.25, -0.2) is 0 Å². The predicted octanol–water partition coefficient (Wildman–Crippen LogP) is 3.92. The number of carbonyl (C=O) groups excluding carboxylic acids is 2. The van der Waals surface area contributed by atoms with Crippen LogP contribution in [0.2, 0.25) is 0 Å². The zero-order valence-electron chi connectivity index (χ0n) is 18.7. The van der Waals surface area contributed by atoms with Crippen molar-refractivity contribution in [2.45, 2.75) is 27.7 Å². The van der Waals surface area contributed by atoms with Gasteiger partial charge in [0.2, 0.25) is 0 Å². The van der Waals surface area contributed by atoms with Gasteiger partial charge in [0.15, 0.2) is 0 Å². The number of hydrogen-bond donors (Lipinski definition) is 2. The fourth-order valence-electron chi connectivity index (χ4n) is 2.77. The Kier molecular flexibility index (Phi) is 7.48. The van der Waals surface area contributed by atoms with Crippen LogP contribution in [0.1, 0.15) is 48.4 Å². The van der Waals surface area contributed by atoms with Crippen LogP contribution >= 0.6 is 0 Å². The molecular weight excluding hydrogens is 380 g/mol. The molecule has 0 spiro atoms. The maximum atomic E-state index is 12.5. The van der Waals surface area contributed by atoms with Gasteiger partial charge >= 0.3 is 0 Å². The molecule has 2 N–H and O–H groups in total. The first-order valence-corrected chi connectivity index (χ1v) is 9.94. The lowest BCUT2D eigenvalue weighted by Gasteiger charge is -2.42. The molecule has 162 valence electrons. The highest BCUT2D eigenvalue weighted by molar-refractivity contribution is 5.94. The minimum Gasteiger partial charge on any atom is -0.497 e. The number of nitrogens with one attached hydrogen (secondary N) is 2. The summed E-state index contributed by atoms with van der Waals surface area (Å²) in [5.41, 5.74) is 0.638. The summed E-state index contributed by atoms with van der Waals surface area (Å²) in [5.74, 6) is 1.15. The summed E-state index contributed by atoms with van der Waals surface area (Å²) in [6, 6.07) is 14.0. The lowest BCUT2D eigenvalue weighted by Crippen LogP contribution is -2.48. The van der Waals surface area contributed by atoms with Crippen molar-refractivity contribution in [3.8, 4) is 11.5 Å². The Bertz CT molecular complexity index is 782. The number of amides is 2. The third-order valence-electron chi connectivity index (χ3n) is 5.92. The maximum Gasteiger partial charge on any atom is 0.251 e. The van der Waals surface area contributed by atoms with Gasteiger partial charge in [0, 0.05) is 24.2 Å². The van der Waals surface area contributed by atoms with Gasteiger partial charge in [-0.3, -0.25) is 9.59 Å². The Morgan fingerprint density at radius 1 is 0.667 bits per heavy atom. The summed E-state index contributed by atoms with van der Waals surface area (Å²) in [6.45, 7) is 9.29. The lowest BCUT2D eigenvalue weighted by molar-refractivity contribution is 0.0756. The van der Waals surface area contributed by atoms with E-state index in [1.54, 1.807) is 62.8 Å². The average Bonchev–Trinajstić information content (AvgIpc) is 2.75. The predicted molar refractivity (Wildman–Crippen MR) is 118 cm³/mol. The van der Waals surface area contributed by atoms with E-state index in [4.69, 9.17) is 9.47 Å². The summed E-state index contributed by atoms with van der Waals surface area (Å²) in [7, 11) is 3.18. The van der Waals surface area contributed by atoms with E-state index < -0.39 is 0 Å². The largest absolute Gasteiger partial charge is 0.497 e. The first-order valence-electron chi connectivity index (χ1n) is 9.94. The van der Waals surface area contributed by atoms with Gasteiger partial charge in [0.1, 0.15) is 11.5 Å². The molecule has 0 saturated heterocycles. The summed E-state index contributed by atoms with van der Waals surface area (Å²) < 4.78 is 10.3. The Morgan fingerprint density at radius 2 is 0.967 bits per heavy atom. The molecule has 6 nitrogen and oxygen atoms in total. The second kappa shape index (κ2) is 9.65. The van der Waals surface area contributed by atoms with Gasteiger partial charge < -0.3 is 20.1 Å². The fourth-order valence-corrected chi connectivity index (χ4v) is 2.77. The van der Waals surface area contributed by atoms with Crippen LogP contribution < -0.4 is 20.1 Å². The molecule has 0 atom stereocenters. The van der Waals surface area contributed by atoms with Gasteiger partial charge in [-0.2, -0.15) is 0 Å². The molecule has 0 saturated carbocycles. The number of benzene rings is 2. The third kappa shape index (κ3) is 5.75. The monoisotopic (exact) mass is 412 g/mol. The number of carbonyl (C=O) groups is 2. The van der Waals surface area contributed by atoms with E-state index in [0.29, 0.717) is 35.7 Å². The number of methoxy groups -OCH3 is 2. The molecule has 0 radical (unpaired) electrons. The van der Waals surface area contributed by atoms with Gasteiger partial charge in [0.25, 0.3) is 11.8 Å². The van der Waals surface area contributed by atoms with E-state index in [-0.39, 0.29) is 22.6 Å². The zero-order chi connectivity index (χ0) is 22.4. The van der Waals surface area contributed by atoms with Crippen molar-refractivity contribution in [1.82, 2.24) is 10.6 Å². The SMILES string of the molecule is COc1ccc(C(=O)NCC(C)(C)C(C)(C)CNC(=O)c2ccc(OC)cc2)cc1. The van der Waals surface area contributed by atoms with E-state index in [1.807, 2.05) is 0 Å². The summed E-state index contributed by atoms with van der Waals surface area (Å²) in [5, 5.41) is 6.02. The molecule has 30 heavy (non-hydrogen) atoms. The highest BCUT2D eigenvalue weighted by Crippen LogP contribution is 2.37. The molecule has 0 aliphatic carbocycles. The Hall–Kier alpha value is -3.02. The van der Waals surface area contributed by atoms with Crippen LogP contribution in [-0.4, -0.2) is 39.1 Å². The molecule has 0 aliphatic heterocycles. The molecule has 0 aliphatic rings. The van der Waals surface area contributed by atoms with Gasteiger partial charge in [-0.15, -0.1) is 0 Å². The Morgan fingerprint density at radius 3 is 1.23 bits per heavy atom. The fraction of sp³-hybridized carbons (Fsp3) is 0.417. The number of ether oxygens (including phenoxy) is 2. The molecule has 0 aromatic heterocycles. The molecular formula is C24H32N2O4. The quantitative estimate of drug-likeness (QED) is 0.655. The molecule has 0 heterocycles. The van der Waals surface area contributed by atoms with E-state index in [1.165, 1.54) is 0 Å². The number of rotatable bonds is 9. The second-order valence-corrected chi connectivity index (χ2v) is 8.59. The van der Waals surface area contributed by atoms with Crippen LogP contribution in [0.3, 0.4) is 0 Å². The average molecular weight is 413 g/mol. The van der Waals surface area contributed by atoms with Crippen LogP contribution in [0.5, 0.6) is 11.5 Å². The Labute approximate surface area is 179 Å². The van der Waals surface area contributed by atoms with Crippen molar-refractivity contribution in [2.75, 3.05) is 27.3 Å². The van der Waals surface area contributed by atoms with Crippen LogP contribution in [0, 0.1) is 10.8 Å². The summed E-state index contributed by atoms with van der Waals surface area (Å²) in [6.07, 6.45) is 0. The highest BCUT2D eigenvalue weighted by Gasteiger charge is 2.37. The topological polar surface area (TPSA) is 76.7 Å². The molecule has 6 heteroatoms. The van der Waals surface area contributed by atoms with Gasteiger partial charge in [-0.1, -0.05) is 27.7 Å². The molecule has 2 rings (SSSR count). The molecule has 0 bridgehead atoms. The number of hydrogen-bond acceptors (Lipinski definition) is 4. The van der Waals surface area contributed by atoms with Crippen molar-refractivity contribution in [1.29, 1.82) is 0 Å². The van der Waals surface area contributed by atoms with E-state index in [9.17, 15) is 9.59 Å². The molecule has 2 aromatic carbocycles. The maximum absolute atomic E-state index is 12.5. The van der Waals surface area contributed by atoms with Crippen molar-refractivity contribution >= 4 is 11.8 Å². The van der Waals surface area contributed by atoms with Crippen LogP contribution in [0.15, 0.2) is 48.5 Å². The standard InChI is InChI=1S/C24H32N2O4/c1-23(2,15-25-21(27)17-7-11-19(29-5)12-8-17)24(3,4)16-26-22(28)18-9-13-20(30-6)14-10-18/h7-14H,15-16H2,1-6H3,(H,25,27)(H,26,28). The third-order valence-corrected chi connectivity index (χ3v) is 5.92. The van der Waals surface area contributed by atoms with Gasteiger partial charge in [0.05, 0.1) is 14.2 Å². The van der Waals surface area contributed by atoms with Crippen molar-refractivity contribution in [2.24, 2.45) is 10.8 Å². The summed E-state index contributed by atoms with van der Waals surface area (Å²) in [4.78, 5) is 25.0. The van der Waals surface area contributed by atoms with Crippen molar-refractivity contribution < 1.29 is 19.1 Å². The highest BCUT2D eigenvalue weighted by atomic mass is 16.5. The minimum absolute atomic E-state index is 0.135. The smallest absolute Gasteiger partial charge is 0.251 e. The zero-order valence-corrected chi connectivity index (χ0v) is 18.7. The molecule has 2 amide bonds. The second-order valence-electron chi connectivity index (χ2n) is 8.59. The van der Waals surface area contributed by atoms with Crippen LogP contribution in [0.4, 0.5) is 0 Å². The lowest BCUT2D eigenvalue weighted by atomic mass is 9.67. The first-order chi connectivity index (χ1) is 14.1.